The van der Waals surface area contributed by atoms with Gasteiger partial charge < -0.3 is 9.47 Å². The maximum Gasteiger partial charge on any atom is 0.277 e. The Morgan fingerprint density at radius 3 is 2.62 bits per heavy atom. The Morgan fingerprint density at radius 2 is 2.05 bits per heavy atom. The number of benzene rings is 1. The first-order valence-electron chi connectivity index (χ1n) is 6.93. The predicted molar refractivity (Wildman–Crippen MR) is 74.3 cm³/mol. The van der Waals surface area contributed by atoms with E-state index < -0.39 is 16.5 Å². The Balaban J connectivity index is 1.99. The van der Waals surface area contributed by atoms with Gasteiger partial charge in [-0.25, -0.2) is 4.39 Å². The van der Waals surface area contributed by atoms with Gasteiger partial charge in [0.25, 0.3) is 5.69 Å². The molecule has 0 aromatic heterocycles. The van der Waals surface area contributed by atoms with Crippen LogP contribution in [0.4, 0.5) is 10.1 Å². The lowest BCUT2D eigenvalue weighted by Crippen LogP contribution is -2.31. The van der Waals surface area contributed by atoms with Crippen LogP contribution in [0.3, 0.4) is 0 Å². The van der Waals surface area contributed by atoms with Gasteiger partial charge in [0.05, 0.1) is 23.7 Å². The number of nitrogens with zero attached hydrogens (tertiary/aromatic N) is 1. The second kappa shape index (κ2) is 5.20. The van der Waals surface area contributed by atoms with Crippen molar-refractivity contribution in [2.75, 3.05) is 13.2 Å². The number of hydrogen-bond acceptors (Lipinski definition) is 4. The van der Waals surface area contributed by atoms with E-state index in [0.717, 1.165) is 11.6 Å². The molecule has 1 fully saturated rings. The Kier molecular flexibility index (Phi) is 3.51. The van der Waals surface area contributed by atoms with Crippen molar-refractivity contribution in [1.29, 1.82) is 0 Å². The molecule has 2 aliphatic rings. The third kappa shape index (κ3) is 2.45. The van der Waals surface area contributed by atoms with E-state index >= 15 is 0 Å². The zero-order chi connectivity index (χ0) is 15.0. The second-order valence-corrected chi connectivity index (χ2v) is 5.36. The minimum Gasteiger partial charge on any atom is -0.347 e. The van der Waals surface area contributed by atoms with Crippen LogP contribution >= 0.6 is 0 Å². The van der Waals surface area contributed by atoms with E-state index in [2.05, 4.69) is 0 Å². The summed E-state index contributed by atoms with van der Waals surface area (Å²) in [4.78, 5) is 10.7. The van der Waals surface area contributed by atoms with Gasteiger partial charge in [-0.3, -0.25) is 10.1 Å². The van der Waals surface area contributed by atoms with Gasteiger partial charge in [0.2, 0.25) is 0 Å². The highest BCUT2D eigenvalue weighted by molar-refractivity contribution is 5.76. The number of hydrogen-bond donors (Lipinski definition) is 0. The zero-order valence-electron chi connectivity index (χ0n) is 11.7. The molecule has 1 saturated heterocycles. The number of nitro groups is 1. The molecule has 3 rings (SSSR count). The zero-order valence-corrected chi connectivity index (χ0v) is 11.7. The summed E-state index contributed by atoms with van der Waals surface area (Å²) in [6.07, 6.45) is 3.62. The number of allylic oxidation sites excluding steroid dienone is 1. The SMILES string of the molecule is Cc1c(F)ccc([N+](=O)[O-])c1C1=CCC2(CC1)OCCO2. The van der Waals surface area contributed by atoms with Gasteiger partial charge in [0.1, 0.15) is 5.82 Å². The summed E-state index contributed by atoms with van der Waals surface area (Å²) in [7, 11) is 0. The summed E-state index contributed by atoms with van der Waals surface area (Å²) in [5.41, 5.74) is 1.46. The summed E-state index contributed by atoms with van der Waals surface area (Å²) in [6.45, 7) is 2.72. The molecule has 112 valence electrons. The fraction of sp³-hybridized carbons (Fsp3) is 0.467. The molecule has 1 aliphatic heterocycles. The van der Waals surface area contributed by atoms with Crippen LogP contribution in [-0.4, -0.2) is 23.9 Å². The normalized spacial score (nSPS) is 20.6. The summed E-state index contributed by atoms with van der Waals surface area (Å²) < 4.78 is 25.0. The van der Waals surface area contributed by atoms with Crippen molar-refractivity contribution in [3.63, 3.8) is 0 Å². The molecular weight excluding hydrogens is 277 g/mol. The molecule has 5 nitrogen and oxygen atoms in total. The van der Waals surface area contributed by atoms with Gasteiger partial charge >= 0.3 is 0 Å². The molecule has 1 spiro atoms. The lowest BCUT2D eigenvalue weighted by Gasteiger charge is -2.31. The molecule has 0 amide bonds. The lowest BCUT2D eigenvalue weighted by molar-refractivity contribution is -0.385. The first-order chi connectivity index (χ1) is 10.0. The van der Waals surface area contributed by atoms with E-state index in [1.54, 1.807) is 6.92 Å². The van der Waals surface area contributed by atoms with Crippen LogP contribution < -0.4 is 0 Å². The highest BCUT2D eigenvalue weighted by atomic mass is 19.1. The molecule has 0 atom stereocenters. The van der Waals surface area contributed by atoms with Crippen molar-refractivity contribution in [1.82, 2.24) is 0 Å². The second-order valence-electron chi connectivity index (χ2n) is 5.36. The quantitative estimate of drug-likeness (QED) is 0.619. The third-order valence-electron chi connectivity index (χ3n) is 4.14. The topological polar surface area (TPSA) is 61.6 Å². The van der Waals surface area contributed by atoms with Crippen molar-refractivity contribution < 1.29 is 18.8 Å². The number of halogens is 1. The third-order valence-corrected chi connectivity index (χ3v) is 4.14. The fourth-order valence-corrected chi connectivity index (χ4v) is 3.02. The van der Waals surface area contributed by atoms with Gasteiger partial charge in [-0.2, -0.15) is 0 Å². The average Bonchev–Trinajstić information content (AvgIpc) is 2.91. The predicted octanol–water partition coefficient (Wildman–Crippen LogP) is 3.35. The molecule has 0 N–H and O–H groups in total. The Bertz CT molecular complexity index is 620. The van der Waals surface area contributed by atoms with E-state index in [0.29, 0.717) is 43.6 Å². The maximum absolute atomic E-state index is 13.8. The van der Waals surface area contributed by atoms with E-state index in [1.165, 1.54) is 6.07 Å². The van der Waals surface area contributed by atoms with Gasteiger partial charge in [0, 0.05) is 18.9 Å². The molecule has 1 aliphatic carbocycles. The van der Waals surface area contributed by atoms with Crippen LogP contribution in [0.2, 0.25) is 0 Å². The van der Waals surface area contributed by atoms with Gasteiger partial charge in [0.15, 0.2) is 5.79 Å². The highest BCUT2D eigenvalue weighted by Gasteiger charge is 2.38. The molecule has 0 unspecified atom stereocenters. The molecule has 0 radical (unpaired) electrons. The Labute approximate surface area is 121 Å². The van der Waals surface area contributed by atoms with Gasteiger partial charge in [-0.15, -0.1) is 0 Å². The van der Waals surface area contributed by atoms with E-state index in [9.17, 15) is 14.5 Å². The summed E-state index contributed by atoms with van der Waals surface area (Å²) in [6, 6.07) is 2.37. The Morgan fingerprint density at radius 1 is 1.33 bits per heavy atom. The maximum atomic E-state index is 13.8. The van der Waals surface area contributed by atoms with E-state index in [4.69, 9.17) is 9.47 Å². The van der Waals surface area contributed by atoms with Crippen molar-refractivity contribution >= 4 is 11.3 Å². The molecule has 1 aromatic carbocycles. The largest absolute Gasteiger partial charge is 0.347 e. The van der Waals surface area contributed by atoms with Gasteiger partial charge in [-0.05, 0) is 30.5 Å². The molecule has 0 saturated carbocycles. The summed E-state index contributed by atoms with van der Waals surface area (Å²) in [5, 5.41) is 11.2. The number of ether oxygens (including phenoxy) is 2. The van der Waals surface area contributed by atoms with Crippen LogP contribution in [0.5, 0.6) is 0 Å². The highest BCUT2D eigenvalue weighted by Crippen LogP contribution is 2.41. The fourth-order valence-electron chi connectivity index (χ4n) is 3.02. The first-order valence-corrected chi connectivity index (χ1v) is 6.93. The monoisotopic (exact) mass is 293 g/mol. The minimum atomic E-state index is -0.584. The lowest BCUT2D eigenvalue weighted by atomic mass is 9.87. The Hall–Kier alpha value is -1.79. The molecule has 1 heterocycles. The van der Waals surface area contributed by atoms with Crippen molar-refractivity contribution in [3.05, 3.63) is 45.3 Å². The summed E-state index contributed by atoms with van der Waals surface area (Å²) >= 11 is 0. The number of rotatable bonds is 2. The average molecular weight is 293 g/mol. The minimum absolute atomic E-state index is 0.0515. The van der Waals surface area contributed by atoms with Crippen LogP contribution in [0.25, 0.3) is 5.57 Å². The molecule has 21 heavy (non-hydrogen) atoms. The molecule has 0 bridgehead atoms. The van der Waals surface area contributed by atoms with Crippen molar-refractivity contribution in [3.8, 4) is 0 Å². The molecule has 1 aromatic rings. The van der Waals surface area contributed by atoms with Crippen LogP contribution in [-0.2, 0) is 9.47 Å². The van der Waals surface area contributed by atoms with E-state index in [-0.39, 0.29) is 5.69 Å². The molecule has 6 heteroatoms. The van der Waals surface area contributed by atoms with Gasteiger partial charge in [-0.1, -0.05) is 6.08 Å². The van der Waals surface area contributed by atoms with Crippen LogP contribution in [0.1, 0.15) is 30.4 Å². The van der Waals surface area contributed by atoms with Crippen molar-refractivity contribution in [2.24, 2.45) is 0 Å². The van der Waals surface area contributed by atoms with Crippen LogP contribution in [0.15, 0.2) is 18.2 Å². The first kappa shape index (κ1) is 14.2. The standard InChI is InChI=1S/C15H16FNO4/c1-10-12(16)2-3-13(17(18)19)14(10)11-4-6-15(7-5-11)20-8-9-21-15/h2-4H,5-9H2,1H3. The van der Waals surface area contributed by atoms with E-state index in [1.807, 2.05) is 6.08 Å². The molecular formula is C15H16FNO4. The van der Waals surface area contributed by atoms with Crippen molar-refractivity contribution in [2.45, 2.75) is 32.0 Å². The smallest absolute Gasteiger partial charge is 0.277 e. The number of nitro benzene ring substituents is 1. The van der Waals surface area contributed by atoms with Crippen LogP contribution in [0, 0.1) is 22.9 Å². The summed E-state index contributed by atoms with van der Waals surface area (Å²) in [5.74, 6) is -1.01.